The molecule has 0 amide bonds. The van der Waals surface area contributed by atoms with E-state index in [0.29, 0.717) is 12.1 Å². The molecule has 2 heteroatoms. The smallest absolute Gasteiger partial charge is 0.0342 e. The van der Waals surface area contributed by atoms with Gasteiger partial charge in [-0.3, -0.25) is 0 Å². The highest BCUT2D eigenvalue weighted by molar-refractivity contribution is 5.43. The predicted molar refractivity (Wildman–Crippen MR) is 55.7 cm³/mol. The maximum Gasteiger partial charge on any atom is 0.0342 e. The molecule has 2 rings (SSSR count). The van der Waals surface area contributed by atoms with Gasteiger partial charge < -0.3 is 11.1 Å². The van der Waals surface area contributed by atoms with Crippen LogP contribution >= 0.6 is 0 Å². The number of hydrogen-bond donors (Lipinski definition) is 2. The van der Waals surface area contributed by atoms with Gasteiger partial charge in [-0.25, -0.2) is 0 Å². The zero-order valence-electron chi connectivity index (χ0n) is 7.74. The van der Waals surface area contributed by atoms with Gasteiger partial charge in [0.1, 0.15) is 0 Å². The Morgan fingerprint density at radius 2 is 1.92 bits per heavy atom. The standard InChI is InChI=1S/C11H16N2/c12-9-6-7-11(8-9)13-10-4-2-1-3-5-10/h1-5,9,11,13H,6-8,12H2. The average Bonchev–Trinajstić information content (AvgIpc) is 2.53. The summed E-state index contributed by atoms with van der Waals surface area (Å²) >= 11 is 0. The lowest BCUT2D eigenvalue weighted by Crippen LogP contribution is -2.20. The van der Waals surface area contributed by atoms with E-state index in [1.165, 1.54) is 12.1 Å². The van der Waals surface area contributed by atoms with Crippen molar-refractivity contribution >= 4 is 5.69 Å². The zero-order valence-corrected chi connectivity index (χ0v) is 7.74. The van der Waals surface area contributed by atoms with Crippen molar-refractivity contribution in [3.8, 4) is 0 Å². The molecule has 2 nitrogen and oxygen atoms in total. The summed E-state index contributed by atoms with van der Waals surface area (Å²) in [5, 5.41) is 3.49. The molecule has 1 aromatic carbocycles. The fraction of sp³-hybridized carbons (Fsp3) is 0.455. The van der Waals surface area contributed by atoms with E-state index in [4.69, 9.17) is 5.73 Å². The fourth-order valence-electron chi connectivity index (χ4n) is 1.92. The first kappa shape index (κ1) is 8.57. The highest BCUT2D eigenvalue weighted by Gasteiger charge is 2.20. The van der Waals surface area contributed by atoms with Crippen LogP contribution in [-0.2, 0) is 0 Å². The van der Waals surface area contributed by atoms with Crippen LogP contribution < -0.4 is 11.1 Å². The van der Waals surface area contributed by atoms with Crippen molar-refractivity contribution in [1.82, 2.24) is 0 Å². The molecule has 0 aromatic heterocycles. The van der Waals surface area contributed by atoms with Gasteiger partial charge in [-0.2, -0.15) is 0 Å². The van der Waals surface area contributed by atoms with Crippen LogP contribution in [0.15, 0.2) is 30.3 Å². The Hall–Kier alpha value is -1.02. The van der Waals surface area contributed by atoms with Crippen molar-refractivity contribution in [1.29, 1.82) is 0 Å². The van der Waals surface area contributed by atoms with Crippen LogP contribution in [-0.4, -0.2) is 12.1 Å². The van der Waals surface area contributed by atoms with E-state index in [2.05, 4.69) is 29.6 Å². The Morgan fingerprint density at radius 1 is 1.15 bits per heavy atom. The number of rotatable bonds is 2. The van der Waals surface area contributed by atoms with Gasteiger partial charge in [0, 0.05) is 17.8 Å². The molecule has 1 aromatic rings. The lowest BCUT2D eigenvalue weighted by atomic mass is 10.2. The average molecular weight is 176 g/mol. The van der Waals surface area contributed by atoms with Crippen LogP contribution in [0.1, 0.15) is 19.3 Å². The minimum atomic E-state index is 0.404. The Kier molecular flexibility index (Phi) is 2.50. The van der Waals surface area contributed by atoms with Crippen LogP contribution in [0.25, 0.3) is 0 Å². The summed E-state index contributed by atoms with van der Waals surface area (Å²) in [6.45, 7) is 0. The second kappa shape index (κ2) is 3.79. The van der Waals surface area contributed by atoms with Crippen molar-refractivity contribution in [2.75, 3.05) is 5.32 Å². The van der Waals surface area contributed by atoms with E-state index < -0.39 is 0 Å². The van der Waals surface area contributed by atoms with E-state index in [9.17, 15) is 0 Å². The predicted octanol–water partition coefficient (Wildman–Crippen LogP) is 1.98. The SMILES string of the molecule is NC1CCC(Nc2ccccc2)C1. The third kappa shape index (κ3) is 2.22. The van der Waals surface area contributed by atoms with E-state index >= 15 is 0 Å². The highest BCUT2D eigenvalue weighted by Crippen LogP contribution is 2.21. The summed E-state index contributed by atoms with van der Waals surface area (Å²) in [4.78, 5) is 0. The molecule has 2 unspecified atom stereocenters. The molecule has 2 atom stereocenters. The molecule has 0 radical (unpaired) electrons. The summed E-state index contributed by atoms with van der Waals surface area (Å²) in [7, 11) is 0. The second-order valence-corrected chi connectivity index (χ2v) is 3.78. The Morgan fingerprint density at radius 3 is 2.54 bits per heavy atom. The van der Waals surface area contributed by atoms with Gasteiger partial charge in [0.05, 0.1) is 0 Å². The van der Waals surface area contributed by atoms with Gasteiger partial charge in [-0.05, 0) is 31.4 Å². The minimum Gasteiger partial charge on any atom is -0.382 e. The van der Waals surface area contributed by atoms with Crippen LogP contribution in [0.5, 0.6) is 0 Å². The molecule has 0 bridgehead atoms. The topological polar surface area (TPSA) is 38.0 Å². The first-order valence-corrected chi connectivity index (χ1v) is 4.92. The molecule has 1 aliphatic rings. The summed E-state index contributed by atoms with van der Waals surface area (Å²) in [5.41, 5.74) is 7.05. The van der Waals surface area contributed by atoms with E-state index in [0.717, 1.165) is 12.8 Å². The third-order valence-electron chi connectivity index (χ3n) is 2.62. The molecule has 70 valence electrons. The quantitative estimate of drug-likeness (QED) is 0.723. The van der Waals surface area contributed by atoms with Crippen molar-refractivity contribution in [2.45, 2.75) is 31.3 Å². The summed E-state index contributed by atoms with van der Waals surface area (Å²) < 4.78 is 0. The molecule has 0 saturated heterocycles. The molecule has 1 fully saturated rings. The lowest BCUT2D eigenvalue weighted by Gasteiger charge is -2.13. The molecular formula is C11H16N2. The first-order chi connectivity index (χ1) is 6.34. The first-order valence-electron chi connectivity index (χ1n) is 4.92. The molecule has 0 spiro atoms. The van der Waals surface area contributed by atoms with Crippen LogP contribution in [0.4, 0.5) is 5.69 Å². The van der Waals surface area contributed by atoms with E-state index in [-0.39, 0.29) is 0 Å². The molecule has 13 heavy (non-hydrogen) atoms. The number of nitrogens with one attached hydrogen (secondary N) is 1. The molecule has 1 saturated carbocycles. The third-order valence-corrected chi connectivity index (χ3v) is 2.62. The number of para-hydroxylation sites is 1. The van der Waals surface area contributed by atoms with Gasteiger partial charge in [-0.15, -0.1) is 0 Å². The Labute approximate surface area is 79.1 Å². The van der Waals surface area contributed by atoms with Crippen LogP contribution in [0.3, 0.4) is 0 Å². The second-order valence-electron chi connectivity index (χ2n) is 3.78. The zero-order chi connectivity index (χ0) is 9.10. The van der Waals surface area contributed by atoms with Crippen molar-refractivity contribution in [3.63, 3.8) is 0 Å². The molecule has 3 N–H and O–H groups in total. The van der Waals surface area contributed by atoms with Crippen molar-refractivity contribution in [3.05, 3.63) is 30.3 Å². The highest BCUT2D eigenvalue weighted by atomic mass is 14.9. The van der Waals surface area contributed by atoms with Gasteiger partial charge in [0.2, 0.25) is 0 Å². The molecule has 0 aliphatic heterocycles. The van der Waals surface area contributed by atoms with Crippen molar-refractivity contribution < 1.29 is 0 Å². The van der Waals surface area contributed by atoms with Gasteiger partial charge in [0.25, 0.3) is 0 Å². The van der Waals surface area contributed by atoms with Gasteiger partial charge in [0.15, 0.2) is 0 Å². The normalized spacial score (nSPS) is 27.5. The monoisotopic (exact) mass is 176 g/mol. The van der Waals surface area contributed by atoms with E-state index in [1.807, 2.05) is 6.07 Å². The lowest BCUT2D eigenvalue weighted by molar-refractivity contribution is 0.688. The maximum absolute atomic E-state index is 5.84. The summed E-state index contributed by atoms with van der Waals surface area (Å²) in [6.07, 6.45) is 3.47. The van der Waals surface area contributed by atoms with Gasteiger partial charge >= 0.3 is 0 Å². The largest absolute Gasteiger partial charge is 0.382 e. The van der Waals surface area contributed by atoms with E-state index in [1.54, 1.807) is 0 Å². The molecule has 0 heterocycles. The molecule has 1 aliphatic carbocycles. The van der Waals surface area contributed by atoms with Gasteiger partial charge in [-0.1, -0.05) is 18.2 Å². The maximum atomic E-state index is 5.84. The fourth-order valence-corrected chi connectivity index (χ4v) is 1.92. The number of benzene rings is 1. The molecular weight excluding hydrogens is 160 g/mol. The Balaban J connectivity index is 1.92. The van der Waals surface area contributed by atoms with Crippen LogP contribution in [0, 0.1) is 0 Å². The Bertz CT molecular complexity index is 258. The summed E-state index contributed by atoms with van der Waals surface area (Å²) in [5.74, 6) is 0. The summed E-state index contributed by atoms with van der Waals surface area (Å²) in [6, 6.07) is 11.3. The van der Waals surface area contributed by atoms with Crippen LogP contribution in [0.2, 0.25) is 0 Å². The number of hydrogen-bond acceptors (Lipinski definition) is 2. The number of nitrogens with two attached hydrogens (primary N) is 1. The van der Waals surface area contributed by atoms with Crippen molar-refractivity contribution in [2.24, 2.45) is 5.73 Å². The number of anilines is 1. The minimum absolute atomic E-state index is 0.404.